The lowest BCUT2D eigenvalue weighted by Gasteiger charge is -2.25. The van der Waals surface area contributed by atoms with Gasteiger partial charge in [-0.25, -0.2) is 0 Å². The second-order valence-electron chi connectivity index (χ2n) is 4.38. The smallest absolute Gasteiger partial charge is 0.371 e. The molecule has 1 rings (SSSR count). The Morgan fingerprint density at radius 3 is 2.16 bits per heavy atom. The van der Waals surface area contributed by atoms with Crippen molar-refractivity contribution in [2.75, 3.05) is 18.0 Å². The molecule has 0 spiro atoms. The number of hydrogen-bond donors (Lipinski definition) is 0. The monoisotopic (exact) mass is 273 g/mol. The molecule has 0 fully saturated rings. The van der Waals surface area contributed by atoms with Gasteiger partial charge in [-0.05, 0) is 31.0 Å². The zero-order valence-corrected chi connectivity index (χ0v) is 11.1. The van der Waals surface area contributed by atoms with Gasteiger partial charge in [0, 0.05) is 24.3 Å². The summed E-state index contributed by atoms with van der Waals surface area (Å²) in [6.45, 7) is 5.43. The topological polar surface area (TPSA) is 20.3 Å². The van der Waals surface area contributed by atoms with Gasteiger partial charge in [0.05, 0.1) is 5.56 Å². The summed E-state index contributed by atoms with van der Waals surface area (Å²) in [4.78, 5) is 13.0. The van der Waals surface area contributed by atoms with Crippen molar-refractivity contribution in [3.05, 3.63) is 29.3 Å². The molecular weight excluding hydrogens is 255 g/mol. The molecule has 0 aliphatic carbocycles. The van der Waals surface area contributed by atoms with Crippen molar-refractivity contribution < 1.29 is 18.0 Å². The van der Waals surface area contributed by atoms with Gasteiger partial charge in [0.2, 0.25) is 0 Å². The van der Waals surface area contributed by atoms with E-state index in [0.29, 0.717) is 12.0 Å². The van der Waals surface area contributed by atoms with Crippen LogP contribution < -0.4 is 4.90 Å². The number of alkyl halides is 3. The van der Waals surface area contributed by atoms with Crippen LogP contribution in [0.5, 0.6) is 0 Å². The van der Waals surface area contributed by atoms with Crippen LogP contribution in [-0.4, -0.2) is 19.4 Å². The molecule has 106 valence electrons. The van der Waals surface area contributed by atoms with Crippen LogP contribution in [0.4, 0.5) is 18.9 Å². The van der Waals surface area contributed by atoms with Crippen molar-refractivity contribution >= 4 is 12.0 Å². The highest BCUT2D eigenvalue weighted by Crippen LogP contribution is 2.32. The van der Waals surface area contributed by atoms with E-state index >= 15 is 0 Å². The maximum Gasteiger partial charge on any atom is 0.416 e. The first-order valence-electron chi connectivity index (χ1n) is 6.35. The van der Waals surface area contributed by atoms with E-state index in [0.717, 1.165) is 38.1 Å². The fraction of sp³-hybridized carbons (Fsp3) is 0.500. The first kappa shape index (κ1) is 15.5. The van der Waals surface area contributed by atoms with Crippen LogP contribution in [0.2, 0.25) is 0 Å². The number of benzene rings is 1. The molecular formula is C14H18F3NO. The lowest BCUT2D eigenvalue weighted by molar-refractivity contribution is -0.137. The molecule has 0 bridgehead atoms. The van der Waals surface area contributed by atoms with Gasteiger partial charge in [0.25, 0.3) is 0 Å². The number of rotatable bonds is 6. The van der Waals surface area contributed by atoms with Crippen LogP contribution in [0.15, 0.2) is 18.2 Å². The summed E-state index contributed by atoms with van der Waals surface area (Å²) in [5.41, 5.74) is -0.116. The molecule has 0 aromatic heterocycles. The van der Waals surface area contributed by atoms with Crippen molar-refractivity contribution in [3.63, 3.8) is 0 Å². The molecule has 0 aliphatic heterocycles. The Kier molecular flexibility index (Phi) is 5.39. The average molecular weight is 273 g/mol. The Hall–Kier alpha value is -1.52. The SMILES string of the molecule is CCCN(CCC)c1ccc(C(F)(F)F)cc1C=O. The highest BCUT2D eigenvalue weighted by Gasteiger charge is 2.31. The van der Waals surface area contributed by atoms with Gasteiger partial charge in [0.15, 0.2) is 6.29 Å². The number of hydrogen-bond acceptors (Lipinski definition) is 2. The van der Waals surface area contributed by atoms with Crippen LogP contribution in [-0.2, 0) is 6.18 Å². The van der Waals surface area contributed by atoms with E-state index in [9.17, 15) is 18.0 Å². The molecule has 2 nitrogen and oxygen atoms in total. The summed E-state index contributed by atoms with van der Waals surface area (Å²) in [5, 5.41) is 0. The van der Waals surface area contributed by atoms with Gasteiger partial charge in [-0.15, -0.1) is 0 Å². The highest BCUT2D eigenvalue weighted by molar-refractivity contribution is 5.85. The van der Waals surface area contributed by atoms with Crippen molar-refractivity contribution in [1.29, 1.82) is 0 Å². The number of carbonyl (C=O) groups excluding carboxylic acids is 1. The zero-order chi connectivity index (χ0) is 14.5. The van der Waals surface area contributed by atoms with Gasteiger partial charge in [-0.3, -0.25) is 4.79 Å². The van der Waals surface area contributed by atoms with Gasteiger partial charge in [-0.1, -0.05) is 13.8 Å². The summed E-state index contributed by atoms with van der Waals surface area (Å²) in [7, 11) is 0. The van der Waals surface area contributed by atoms with Crippen molar-refractivity contribution in [2.45, 2.75) is 32.9 Å². The molecule has 0 amide bonds. The first-order chi connectivity index (χ1) is 8.93. The van der Waals surface area contributed by atoms with Crippen LogP contribution >= 0.6 is 0 Å². The fourth-order valence-electron chi connectivity index (χ4n) is 2.01. The van der Waals surface area contributed by atoms with Gasteiger partial charge >= 0.3 is 6.18 Å². The van der Waals surface area contributed by atoms with Crippen LogP contribution in [0.1, 0.15) is 42.6 Å². The Labute approximate surface area is 111 Å². The third kappa shape index (κ3) is 3.98. The molecule has 0 saturated carbocycles. The molecule has 0 atom stereocenters. The molecule has 19 heavy (non-hydrogen) atoms. The molecule has 0 unspecified atom stereocenters. The van der Waals surface area contributed by atoms with E-state index in [1.165, 1.54) is 6.07 Å². The zero-order valence-electron chi connectivity index (χ0n) is 11.1. The second kappa shape index (κ2) is 6.59. The molecule has 1 aromatic rings. The van der Waals surface area contributed by atoms with Gasteiger partial charge < -0.3 is 4.90 Å². The summed E-state index contributed by atoms with van der Waals surface area (Å²) in [5.74, 6) is 0. The normalized spacial score (nSPS) is 11.4. The van der Waals surface area contributed by atoms with Gasteiger partial charge in [-0.2, -0.15) is 13.2 Å². The highest BCUT2D eigenvalue weighted by atomic mass is 19.4. The summed E-state index contributed by atoms with van der Waals surface area (Å²) >= 11 is 0. The predicted molar refractivity (Wildman–Crippen MR) is 69.6 cm³/mol. The van der Waals surface area contributed by atoms with Crippen molar-refractivity contribution in [2.24, 2.45) is 0 Å². The summed E-state index contributed by atoms with van der Waals surface area (Å²) in [6, 6.07) is 3.33. The molecule has 5 heteroatoms. The minimum absolute atomic E-state index is 0.0942. The lowest BCUT2D eigenvalue weighted by Crippen LogP contribution is -2.26. The second-order valence-corrected chi connectivity index (χ2v) is 4.38. The Morgan fingerprint density at radius 1 is 1.16 bits per heavy atom. The van der Waals surface area contributed by atoms with Gasteiger partial charge in [0.1, 0.15) is 0 Å². The minimum Gasteiger partial charge on any atom is -0.371 e. The molecule has 0 aliphatic rings. The molecule has 0 saturated heterocycles. The van der Waals surface area contributed by atoms with Crippen LogP contribution in [0.25, 0.3) is 0 Å². The average Bonchev–Trinajstić information content (AvgIpc) is 2.36. The Balaban J connectivity index is 3.16. The maximum atomic E-state index is 12.6. The minimum atomic E-state index is -4.42. The molecule has 0 N–H and O–H groups in total. The number of nitrogens with zero attached hydrogens (tertiary/aromatic N) is 1. The molecule has 0 heterocycles. The van der Waals surface area contributed by atoms with Crippen molar-refractivity contribution in [1.82, 2.24) is 0 Å². The number of aldehydes is 1. The van der Waals surface area contributed by atoms with E-state index in [1.807, 2.05) is 18.7 Å². The van der Waals surface area contributed by atoms with E-state index in [2.05, 4.69) is 0 Å². The first-order valence-corrected chi connectivity index (χ1v) is 6.35. The Morgan fingerprint density at radius 2 is 1.74 bits per heavy atom. The quantitative estimate of drug-likeness (QED) is 0.726. The summed E-state index contributed by atoms with van der Waals surface area (Å²) in [6.07, 6.45) is -2.18. The summed E-state index contributed by atoms with van der Waals surface area (Å²) < 4.78 is 37.8. The van der Waals surface area contributed by atoms with Crippen molar-refractivity contribution in [3.8, 4) is 0 Å². The van der Waals surface area contributed by atoms with E-state index in [4.69, 9.17) is 0 Å². The lowest BCUT2D eigenvalue weighted by atomic mass is 10.1. The maximum absolute atomic E-state index is 12.6. The number of anilines is 1. The third-order valence-corrected chi connectivity index (χ3v) is 2.81. The van der Waals surface area contributed by atoms with E-state index < -0.39 is 11.7 Å². The van der Waals surface area contributed by atoms with E-state index in [1.54, 1.807) is 0 Å². The molecule has 0 radical (unpaired) electrons. The third-order valence-electron chi connectivity index (χ3n) is 2.81. The fourth-order valence-corrected chi connectivity index (χ4v) is 2.01. The molecule has 1 aromatic carbocycles. The number of carbonyl (C=O) groups is 1. The van der Waals surface area contributed by atoms with Crippen LogP contribution in [0, 0.1) is 0 Å². The number of halogens is 3. The predicted octanol–water partition coefficient (Wildman–Crippen LogP) is 4.14. The van der Waals surface area contributed by atoms with Crippen LogP contribution in [0.3, 0.4) is 0 Å². The van der Waals surface area contributed by atoms with E-state index in [-0.39, 0.29) is 5.56 Å². The standard InChI is InChI=1S/C14H18F3NO/c1-3-7-18(8-4-2)13-6-5-12(14(15,16)17)9-11(13)10-19/h5-6,9-10H,3-4,7-8H2,1-2H3. The Bertz CT molecular complexity index is 423. The largest absolute Gasteiger partial charge is 0.416 e.